The summed E-state index contributed by atoms with van der Waals surface area (Å²) in [6, 6.07) is 5.55. The summed E-state index contributed by atoms with van der Waals surface area (Å²) in [5, 5.41) is 0. The average Bonchev–Trinajstić information content (AvgIpc) is 2.73. The van der Waals surface area contributed by atoms with E-state index in [-0.39, 0.29) is 17.4 Å². The molecule has 0 spiro atoms. The number of rotatable bonds is 6. The number of fused-ring (bicyclic) bond motifs is 1. The summed E-state index contributed by atoms with van der Waals surface area (Å²) in [6.07, 6.45) is 3.35. The Kier molecular flexibility index (Phi) is 6.90. The van der Waals surface area contributed by atoms with Gasteiger partial charge in [0.15, 0.2) is 0 Å². The minimum Gasteiger partial charge on any atom is -0.345 e. The van der Waals surface area contributed by atoms with Crippen molar-refractivity contribution in [2.75, 3.05) is 41.3 Å². The average molecular weight is 429 g/mol. The highest BCUT2D eigenvalue weighted by Crippen LogP contribution is 2.23. The number of carbonyl (C=O) groups excluding carboxylic acids is 2. The lowest BCUT2D eigenvalue weighted by Crippen LogP contribution is -2.41. The van der Waals surface area contributed by atoms with Crippen molar-refractivity contribution in [2.24, 2.45) is 0 Å². The third-order valence-electron chi connectivity index (χ3n) is 5.47. The van der Waals surface area contributed by atoms with Crippen LogP contribution in [0.1, 0.15) is 34.3 Å². The predicted octanol–water partition coefficient (Wildman–Crippen LogP) is 1.90. The summed E-state index contributed by atoms with van der Waals surface area (Å²) in [6.45, 7) is 1.65. The van der Waals surface area contributed by atoms with Crippen LogP contribution in [0.25, 0.3) is 5.69 Å². The molecular weight excluding hydrogens is 399 g/mol. The lowest BCUT2D eigenvalue weighted by atomic mass is 9.95. The molecule has 0 atom stereocenters. The maximum absolute atomic E-state index is 13.4. The molecule has 0 saturated heterocycles. The summed E-state index contributed by atoms with van der Waals surface area (Å²) >= 11 is 0. The fourth-order valence-corrected chi connectivity index (χ4v) is 3.81. The van der Waals surface area contributed by atoms with Gasteiger partial charge in [-0.3, -0.25) is 19.0 Å². The molecule has 0 aliphatic carbocycles. The Balaban J connectivity index is 1.99. The highest BCUT2D eigenvalue weighted by molar-refractivity contribution is 5.95. The third-order valence-corrected chi connectivity index (χ3v) is 5.47. The maximum Gasteiger partial charge on any atom is 0.268 e. The van der Waals surface area contributed by atoms with Gasteiger partial charge < -0.3 is 14.7 Å². The molecule has 1 aromatic heterocycles. The van der Waals surface area contributed by atoms with Crippen molar-refractivity contribution in [1.29, 1.82) is 0 Å². The molecule has 2 amide bonds. The van der Waals surface area contributed by atoms with Gasteiger partial charge in [0, 0.05) is 45.5 Å². The molecule has 1 aliphatic rings. The molecule has 1 aliphatic heterocycles. The van der Waals surface area contributed by atoms with Crippen LogP contribution in [0.4, 0.5) is 4.39 Å². The van der Waals surface area contributed by atoms with E-state index in [4.69, 9.17) is 0 Å². The number of amides is 2. The van der Waals surface area contributed by atoms with Crippen LogP contribution in [0.3, 0.4) is 0 Å². The molecule has 8 heteroatoms. The molecule has 166 valence electrons. The molecule has 3 rings (SSSR count). The fourth-order valence-electron chi connectivity index (χ4n) is 3.81. The normalized spacial score (nSPS) is 13.3. The van der Waals surface area contributed by atoms with Crippen molar-refractivity contribution in [2.45, 2.75) is 25.8 Å². The summed E-state index contributed by atoms with van der Waals surface area (Å²) in [7, 11) is 7.15. The van der Waals surface area contributed by atoms with E-state index in [9.17, 15) is 18.8 Å². The maximum atomic E-state index is 13.4. The zero-order valence-corrected chi connectivity index (χ0v) is 18.5. The number of nitrogens with zero attached hydrogens (tertiary/aromatic N) is 4. The van der Waals surface area contributed by atoms with E-state index in [0.29, 0.717) is 37.2 Å². The largest absolute Gasteiger partial charge is 0.345 e. The smallest absolute Gasteiger partial charge is 0.268 e. The molecule has 2 heterocycles. The number of hydrogen-bond donors (Lipinski definition) is 0. The Morgan fingerprint density at radius 2 is 1.77 bits per heavy atom. The second kappa shape index (κ2) is 9.43. The minimum atomic E-state index is -0.435. The predicted molar refractivity (Wildman–Crippen MR) is 117 cm³/mol. The fraction of sp³-hybridized carbons (Fsp3) is 0.435. The molecule has 0 saturated carbocycles. The molecule has 0 radical (unpaired) electrons. The van der Waals surface area contributed by atoms with Crippen LogP contribution in [0.5, 0.6) is 0 Å². The molecular formula is C23H29FN4O3. The quantitative estimate of drug-likeness (QED) is 0.705. The van der Waals surface area contributed by atoms with Crippen LogP contribution in [-0.4, -0.2) is 72.4 Å². The van der Waals surface area contributed by atoms with Crippen LogP contribution in [-0.2, 0) is 17.8 Å². The Bertz CT molecular complexity index is 1030. The van der Waals surface area contributed by atoms with Gasteiger partial charge in [-0.15, -0.1) is 0 Å². The van der Waals surface area contributed by atoms with E-state index in [1.54, 1.807) is 25.2 Å². The van der Waals surface area contributed by atoms with Gasteiger partial charge in [-0.1, -0.05) is 0 Å². The topological polar surface area (TPSA) is 65.9 Å². The molecule has 31 heavy (non-hydrogen) atoms. The van der Waals surface area contributed by atoms with Crippen molar-refractivity contribution in [3.8, 4) is 5.69 Å². The first-order chi connectivity index (χ1) is 14.7. The highest BCUT2D eigenvalue weighted by atomic mass is 19.1. The van der Waals surface area contributed by atoms with E-state index in [0.717, 1.165) is 18.5 Å². The van der Waals surface area contributed by atoms with Crippen LogP contribution in [0.15, 0.2) is 35.3 Å². The third kappa shape index (κ3) is 5.02. The standard InChI is InChI=1S/C23H29FN4O3/c1-25(2)12-5-6-20(29)27-13-11-19-16(14-27)15-28(18-9-7-17(24)8-10-18)23(31)21(19)22(30)26(3)4/h7-10,15H,5-6,11-14H2,1-4H3. The Labute approximate surface area is 181 Å². The summed E-state index contributed by atoms with van der Waals surface area (Å²) < 4.78 is 14.8. The number of pyridine rings is 1. The SMILES string of the molecule is CN(C)CCCC(=O)N1CCc2c(cn(-c3ccc(F)cc3)c(=O)c2C(=O)N(C)C)C1. The first-order valence-electron chi connectivity index (χ1n) is 10.4. The van der Waals surface area contributed by atoms with Crippen LogP contribution >= 0.6 is 0 Å². The summed E-state index contributed by atoms with van der Waals surface area (Å²) in [5.41, 5.74) is 1.61. The number of benzene rings is 1. The van der Waals surface area contributed by atoms with Gasteiger partial charge in [0.25, 0.3) is 11.5 Å². The molecule has 7 nitrogen and oxygen atoms in total. The van der Waals surface area contributed by atoms with E-state index in [1.807, 2.05) is 19.0 Å². The van der Waals surface area contributed by atoms with Gasteiger partial charge in [0.2, 0.25) is 5.91 Å². The van der Waals surface area contributed by atoms with E-state index < -0.39 is 11.4 Å². The van der Waals surface area contributed by atoms with Crippen molar-refractivity contribution < 1.29 is 14.0 Å². The number of carbonyl (C=O) groups is 2. The Morgan fingerprint density at radius 3 is 2.39 bits per heavy atom. The van der Waals surface area contributed by atoms with Gasteiger partial charge in [-0.25, -0.2) is 4.39 Å². The second-order valence-corrected chi connectivity index (χ2v) is 8.33. The monoisotopic (exact) mass is 428 g/mol. The second-order valence-electron chi connectivity index (χ2n) is 8.33. The van der Waals surface area contributed by atoms with Gasteiger partial charge >= 0.3 is 0 Å². The lowest BCUT2D eigenvalue weighted by molar-refractivity contribution is -0.132. The van der Waals surface area contributed by atoms with Gasteiger partial charge in [0.1, 0.15) is 11.4 Å². The zero-order chi connectivity index (χ0) is 22.7. The Morgan fingerprint density at radius 1 is 1.10 bits per heavy atom. The summed E-state index contributed by atoms with van der Waals surface area (Å²) in [4.78, 5) is 44.0. The van der Waals surface area contributed by atoms with E-state index in [1.165, 1.54) is 33.7 Å². The van der Waals surface area contributed by atoms with Crippen molar-refractivity contribution in [3.05, 3.63) is 63.3 Å². The Hall–Kier alpha value is -3.00. The summed E-state index contributed by atoms with van der Waals surface area (Å²) in [5.74, 6) is -0.718. The molecule has 0 fully saturated rings. The molecule has 2 aromatic rings. The van der Waals surface area contributed by atoms with Crippen LogP contribution in [0.2, 0.25) is 0 Å². The number of halogens is 1. The first-order valence-corrected chi connectivity index (χ1v) is 10.4. The van der Waals surface area contributed by atoms with E-state index >= 15 is 0 Å². The van der Waals surface area contributed by atoms with Crippen molar-refractivity contribution in [1.82, 2.24) is 19.3 Å². The highest BCUT2D eigenvalue weighted by Gasteiger charge is 2.28. The number of hydrogen-bond acceptors (Lipinski definition) is 4. The first kappa shape index (κ1) is 22.7. The molecule has 0 unspecified atom stereocenters. The molecule has 0 N–H and O–H groups in total. The lowest BCUT2D eigenvalue weighted by Gasteiger charge is -2.31. The van der Waals surface area contributed by atoms with Crippen LogP contribution < -0.4 is 5.56 Å². The van der Waals surface area contributed by atoms with Crippen LogP contribution in [0, 0.1) is 5.82 Å². The van der Waals surface area contributed by atoms with Crippen molar-refractivity contribution >= 4 is 11.8 Å². The van der Waals surface area contributed by atoms with Gasteiger partial charge in [0.05, 0.1) is 0 Å². The molecule has 1 aromatic carbocycles. The van der Waals surface area contributed by atoms with Gasteiger partial charge in [-0.2, -0.15) is 0 Å². The van der Waals surface area contributed by atoms with Gasteiger partial charge in [-0.05, 0) is 68.9 Å². The molecule has 0 bridgehead atoms. The zero-order valence-electron chi connectivity index (χ0n) is 18.5. The number of aromatic nitrogens is 1. The van der Waals surface area contributed by atoms with E-state index in [2.05, 4.69) is 0 Å². The van der Waals surface area contributed by atoms with Crippen molar-refractivity contribution in [3.63, 3.8) is 0 Å². The minimum absolute atomic E-state index is 0.0625.